The first kappa shape index (κ1) is 30.5. The van der Waals surface area contributed by atoms with Crippen molar-refractivity contribution >= 4 is 51.5 Å². The van der Waals surface area contributed by atoms with Crippen LogP contribution in [0, 0.1) is 31.9 Å². The lowest BCUT2D eigenvalue weighted by molar-refractivity contribution is -0.384. The van der Waals surface area contributed by atoms with Gasteiger partial charge in [0.15, 0.2) is 11.6 Å². The minimum absolute atomic E-state index is 0.0365. The van der Waals surface area contributed by atoms with E-state index in [1.165, 1.54) is 36.4 Å². The number of hydrogen-bond donors (Lipinski definition) is 0. The number of halogens is 4. The van der Waals surface area contributed by atoms with Gasteiger partial charge < -0.3 is 9.80 Å². The van der Waals surface area contributed by atoms with Crippen LogP contribution in [0.2, 0.25) is 10.0 Å². The first-order chi connectivity index (χ1) is 21.6. The Morgan fingerprint density at radius 1 is 0.756 bits per heavy atom. The summed E-state index contributed by atoms with van der Waals surface area (Å²) in [7, 11) is 0. The maximum absolute atomic E-state index is 15.9. The Morgan fingerprint density at radius 2 is 1.29 bits per heavy atom. The second-order valence-electron chi connectivity index (χ2n) is 11.0. The van der Waals surface area contributed by atoms with Crippen LogP contribution in [0.5, 0.6) is 0 Å². The Bertz CT molecular complexity index is 1740. The van der Waals surface area contributed by atoms with Crippen molar-refractivity contribution in [2.75, 3.05) is 22.9 Å². The second-order valence-corrected chi connectivity index (χ2v) is 11.8. The van der Waals surface area contributed by atoms with Crippen LogP contribution >= 0.6 is 23.2 Å². The first-order valence-corrected chi connectivity index (χ1v) is 15.0. The van der Waals surface area contributed by atoms with Gasteiger partial charge in [-0.1, -0.05) is 71.7 Å². The largest absolute Gasteiger partial charge is 0.363 e. The number of nitrogens with zero attached hydrogens (tertiary/aromatic N) is 4. The number of benzene rings is 4. The van der Waals surface area contributed by atoms with Gasteiger partial charge >= 0.3 is 0 Å². The fourth-order valence-electron chi connectivity index (χ4n) is 6.37. The molecule has 2 aliphatic heterocycles. The molecule has 0 radical (unpaired) electrons. The third-order valence-electron chi connectivity index (χ3n) is 8.46. The van der Waals surface area contributed by atoms with E-state index in [0.29, 0.717) is 43.5 Å². The quantitative estimate of drug-likeness (QED) is 0.146. The fourth-order valence-corrected chi connectivity index (χ4v) is 6.74. The number of nitro benzene ring substituents is 2. The monoisotopic (exact) mass is 650 g/mol. The molecule has 0 amide bonds. The maximum atomic E-state index is 15.9. The molecule has 1 saturated heterocycles. The predicted molar refractivity (Wildman–Crippen MR) is 171 cm³/mol. The Morgan fingerprint density at radius 3 is 1.76 bits per heavy atom. The lowest BCUT2D eigenvalue weighted by Crippen LogP contribution is -2.31. The predicted octanol–water partition coefficient (Wildman–Crippen LogP) is 9.46. The first-order valence-electron chi connectivity index (χ1n) is 14.3. The highest BCUT2D eigenvalue weighted by Crippen LogP contribution is 2.49. The SMILES string of the molecule is O=[N+]([O-])c1cc([C@H]2CC[C@H](c3ccc(Cl)c([N+](=O)[O-])c3)N2c2cc(F)c(N3CC=C(c4ccccc4)CC3)c(F)c2)ccc1Cl. The molecule has 0 bridgehead atoms. The van der Waals surface area contributed by atoms with E-state index in [-0.39, 0.29) is 32.8 Å². The van der Waals surface area contributed by atoms with E-state index >= 15 is 8.78 Å². The highest BCUT2D eigenvalue weighted by molar-refractivity contribution is 6.33. The van der Waals surface area contributed by atoms with E-state index in [9.17, 15) is 20.2 Å². The van der Waals surface area contributed by atoms with Gasteiger partial charge in [0.1, 0.15) is 15.7 Å². The van der Waals surface area contributed by atoms with Crippen LogP contribution in [0.3, 0.4) is 0 Å². The molecule has 6 rings (SSSR count). The molecule has 12 heteroatoms. The summed E-state index contributed by atoms with van der Waals surface area (Å²) in [5.41, 5.74) is 2.72. The molecule has 0 unspecified atom stereocenters. The van der Waals surface area contributed by atoms with Gasteiger partial charge in [0.25, 0.3) is 11.4 Å². The maximum Gasteiger partial charge on any atom is 0.288 e. The molecule has 8 nitrogen and oxygen atoms in total. The molecule has 0 N–H and O–H groups in total. The van der Waals surface area contributed by atoms with Gasteiger partial charge in [0, 0.05) is 30.9 Å². The molecule has 2 aliphatic rings. The molecule has 45 heavy (non-hydrogen) atoms. The summed E-state index contributed by atoms with van der Waals surface area (Å²) < 4.78 is 31.9. The fraction of sp³-hybridized carbons (Fsp3) is 0.212. The Kier molecular flexibility index (Phi) is 8.44. The van der Waals surface area contributed by atoms with Crippen molar-refractivity contribution in [3.8, 4) is 0 Å². The summed E-state index contributed by atoms with van der Waals surface area (Å²) in [4.78, 5) is 25.6. The van der Waals surface area contributed by atoms with Gasteiger partial charge in [-0.2, -0.15) is 0 Å². The summed E-state index contributed by atoms with van der Waals surface area (Å²) in [6, 6.07) is 20.1. The average Bonchev–Trinajstić information content (AvgIpc) is 3.47. The van der Waals surface area contributed by atoms with Crippen LogP contribution in [0.25, 0.3) is 5.57 Å². The molecule has 230 valence electrons. The smallest absolute Gasteiger partial charge is 0.288 e. The van der Waals surface area contributed by atoms with Crippen molar-refractivity contribution < 1.29 is 18.6 Å². The van der Waals surface area contributed by atoms with E-state index in [2.05, 4.69) is 0 Å². The van der Waals surface area contributed by atoms with Gasteiger partial charge in [0.05, 0.1) is 21.9 Å². The summed E-state index contributed by atoms with van der Waals surface area (Å²) in [5, 5.41) is 23.2. The van der Waals surface area contributed by atoms with E-state index in [1.54, 1.807) is 21.9 Å². The lowest BCUT2D eigenvalue weighted by Gasteiger charge is -2.34. The zero-order valence-corrected chi connectivity index (χ0v) is 25.2. The molecule has 0 aliphatic carbocycles. The molecule has 1 fully saturated rings. The normalized spacial score (nSPS) is 18.2. The van der Waals surface area contributed by atoms with E-state index < -0.39 is 33.6 Å². The summed E-state index contributed by atoms with van der Waals surface area (Å²) in [6.07, 6.45) is 3.48. The summed E-state index contributed by atoms with van der Waals surface area (Å²) >= 11 is 12.1. The molecule has 0 saturated carbocycles. The number of nitro groups is 2. The molecular formula is C33H26Cl2F2N4O4. The lowest BCUT2D eigenvalue weighted by atomic mass is 9.99. The zero-order valence-electron chi connectivity index (χ0n) is 23.7. The molecule has 0 spiro atoms. The third kappa shape index (κ3) is 5.95. The molecule has 4 aromatic carbocycles. The van der Waals surface area contributed by atoms with Crippen molar-refractivity contribution in [3.63, 3.8) is 0 Å². The zero-order chi connectivity index (χ0) is 31.8. The molecule has 2 atom stereocenters. The number of hydrogen-bond acceptors (Lipinski definition) is 6. The molecular weight excluding hydrogens is 625 g/mol. The standard InChI is InChI=1S/C33H26Cl2F2N4O4/c34-25-8-6-22(16-31(25)40(42)43)29-10-11-30(23-7-9-26(35)32(17-23)41(44)45)39(29)24-18-27(36)33(28(37)19-24)38-14-12-21(13-15-38)20-4-2-1-3-5-20/h1-9,12,16-19,29-30H,10-11,13-15H2/t29-,30-/m1/s1. The van der Waals surface area contributed by atoms with Crippen molar-refractivity contribution in [1.82, 2.24) is 0 Å². The van der Waals surface area contributed by atoms with Gasteiger partial charge in [-0.05, 0) is 65.8 Å². The average molecular weight is 651 g/mol. The van der Waals surface area contributed by atoms with Crippen LogP contribution in [0.4, 0.5) is 31.5 Å². The number of rotatable bonds is 7. The van der Waals surface area contributed by atoms with E-state index in [0.717, 1.165) is 11.1 Å². The highest BCUT2D eigenvalue weighted by atomic mass is 35.5. The van der Waals surface area contributed by atoms with Crippen LogP contribution in [-0.4, -0.2) is 22.9 Å². The van der Waals surface area contributed by atoms with Crippen molar-refractivity contribution in [3.05, 3.63) is 144 Å². The van der Waals surface area contributed by atoms with E-state index in [1.807, 2.05) is 36.4 Å². The minimum Gasteiger partial charge on any atom is -0.363 e. The van der Waals surface area contributed by atoms with Gasteiger partial charge in [-0.15, -0.1) is 0 Å². The topological polar surface area (TPSA) is 92.8 Å². The Labute approximate surface area is 267 Å². The van der Waals surface area contributed by atoms with Gasteiger partial charge in [0.2, 0.25) is 0 Å². The van der Waals surface area contributed by atoms with Crippen molar-refractivity contribution in [1.29, 1.82) is 0 Å². The number of anilines is 2. The molecule has 4 aromatic rings. The Balaban J connectivity index is 1.39. The molecule has 0 aromatic heterocycles. The Hall–Kier alpha value is -4.54. The summed E-state index contributed by atoms with van der Waals surface area (Å²) in [6.45, 7) is 0.751. The van der Waals surface area contributed by atoms with Crippen molar-refractivity contribution in [2.24, 2.45) is 0 Å². The van der Waals surface area contributed by atoms with Crippen LogP contribution in [0.15, 0.2) is 84.9 Å². The van der Waals surface area contributed by atoms with Gasteiger partial charge in [-0.25, -0.2) is 8.78 Å². The summed E-state index contributed by atoms with van der Waals surface area (Å²) in [5.74, 6) is -1.51. The minimum atomic E-state index is -0.755. The van der Waals surface area contributed by atoms with Gasteiger partial charge in [-0.3, -0.25) is 20.2 Å². The highest BCUT2D eigenvalue weighted by Gasteiger charge is 2.38. The second kappa shape index (κ2) is 12.5. The van der Waals surface area contributed by atoms with Crippen molar-refractivity contribution in [2.45, 2.75) is 31.3 Å². The van der Waals surface area contributed by atoms with Crippen LogP contribution in [-0.2, 0) is 0 Å². The van der Waals surface area contributed by atoms with Crippen LogP contribution < -0.4 is 9.80 Å². The third-order valence-corrected chi connectivity index (χ3v) is 9.10. The molecule has 2 heterocycles. The van der Waals surface area contributed by atoms with Crippen LogP contribution in [0.1, 0.15) is 48.0 Å². The van der Waals surface area contributed by atoms with E-state index in [4.69, 9.17) is 23.2 Å².